The number of thioether (sulfide) groups is 1. The van der Waals surface area contributed by atoms with Crippen molar-refractivity contribution < 1.29 is 23.9 Å². The Bertz CT molecular complexity index is 1180. The molecule has 10 nitrogen and oxygen atoms in total. The topological polar surface area (TPSA) is 111 Å². The Kier molecular flexibility index (Phi) is 6.66. The van der Waals surface area contributed by atoms with Gasteiger partial charge in [0.25, 0.3) is 5.69 Å². The van der Waals surface area contributed by atoms with Crippen LogP contribution in [-0.4, -0.2) is 46.3 Å². The zero-order valence-corrected chi connectivity index (χ0v) is 19.5. The van der Waals surface area contributed by atoms with E-state index in [1.54, 1.807) is 13.2 Å². The van der Waals surface area contributed by atoms with Crippen molar-refractivity contribution in [1.82, 2.24) is 14.8 Å². The van der Waals surface area contributed by atoms with E-state index in [0.717, 1.165) is 42.1 Å². The van der Waals surface area contributed by atoms with Gasteiger partial charge in [-0.25, -0.2) is 0 Å². The fraction of sp³-hybridized carbons (Fsp3) is 0.391. The zero-order valence-electron chi connectivity index (χ0n) is 18.6. The van der Waals surface area contributed by atoms with E-state index in [2.05, 4.69) is 14.8 Å². The Hall–Kier alpha value is -3.15. The molecule has 0 saturated carbocycles. The highest BCUT2D eigenvalue weighted by atomic mass is 32.2. The number of methoxy groups -OCH3 is 1. The summed E-state index contributed by atoms with van der Waals surface area (Å²) in [5.41, 5.74) is 2.35. The molecule has 0 radical (unpaired) electrons. The van der Waals surface area contributed by atoms with Crippen LogP contribution in [0.2, 0.25) is 0 Å². The molecule has 1 saturated heterocycles. The maximum Gasteiger partial charge on any atom is 0.270 e. The van der Waals surface area contributed by atoms with Crippen LogP contribution in [0.15, 0.2) is 41.6 Å². The van der Waals surface area contributed by atoms with Gasteiger partial charge in [-0.2, -0.15) is 0 Å². The lowest BCUT2D eigenvalue weighted by Crippen LogP contribution is -2.17. The second-order valence-electron chi connectivity index (χ2n) is 8.03. The fourth-order valence-electron chi connectivity index (χ4n) is 4.14. The average Bonchev–Trinajstić information content (AvgIpc) is 3.53. The van der Waals surface area contributed by atoms with E-state index in [1.165, 1.54) is 17.8 Å². The predicted molar refractivity (Wildman–Crippen MR) is 124 cm³/mol. The molecule has 0 amide bonds. The molecule has 34 heavy (non-hydrogen) atoms. The highest BCUT2D eigenvalue weighted by molar-refractivity contribution is 7.98. The van der Waals surface area contributed by atoms with Gasteiger partial charge < -0.3 is 18.9 Å². The second-order valence-corrected chi connectivity index (χ2v) is 8.97. The minimum atomic E-state index is -0.398. The third kappa shape index (κ3) is 4.72. The van der Waals surface area contributed by atoms with Gasteiger partial charge in [0.05, 0.1) is 31.3 Å². The predicted octanol–water partition coefficient (Wildman–Crippen LogP) is 4.20. The van der Waals surface area contributed by atoms with Crippen molar-refractivity contribution in [2.24, 2.45) is 0 Å². The van der Waals surface area contributed by atoms with Gasteiger partial charge in [0, 0.05) is 41.2 Å². The molecule has 1 fully saturated rings. The molecule has 2 aliphatic heterocycles. The quantitative estimate of drug-likeness (QED) is 0.264. The van der Waals surface area contributed by atoms with Gasteiger partial charge in [0.2, 0.25) is 0 Å². The lowest BCUT2D eigenvalue weighted by molar-refractivity contribution is -0.385. The van der Waals surface area contributed by atoms with Crippen molar-refractivity contribution in [2.75, 3.05) is 20.5 Å². The molecule has 5 rings (SSSR count). The van der Waals surface area contributed by atoms with Crippen LogP contribution in [0.25, 0.3) is 11.4 Å². The third-order valence-electron chi connectivity index (χ3n) is 5.81. The number of non-ortho nitro benzene ring substituents is 1. The number of ether oxygens (including phenoxy) is 4. The van der Waals surface area contributed by atoms with Crippen molar-refractivity contribution in [3.8, 4) is 22.9 Å². The van der Waals surface area contributed by atoms with Crippen LogP contribution < -0.4 is 9.47 Å². The first-order valence-electron chi connectivity index (χ1n) is 10.9. The molecule has 178 valence electrons. The van der Waals surface area contributed by atoms with Gasteiger partial charge in [-0.15, -0.1) is 10.2 Å². The van der Waals surface area contributed by atoms with Gasteiger partial charge in [0.1, 0.15) is 11.5 Å². The lowest BCUT2D eigenvalue weighted by atomic mass is 10.1. The van der Waals surface area contributed by atoms with E-state index in [1.807, 2.05) is 24.3 Å². The molecule has 0 aliphatic carbocycles. The van der Waals surface area contributed by atoms with Gasteiger partial charge in [-0.3, -0.25) is 14.7 Å². The van der Waals surface area contributed by atoms with Crippen molar-refractivity contribution in [1.29, 1.82) is 0 Å². The molecule has 1 unspecified atom stereocenters. The monoisotopic (exact) mass is 484 g/mol. The maximum atomic E-state index is 11.4. The summed E-state index contributed by atoms with van der Waals surface area (Å²) in [7, 11) is 1.63. The van der Waals surface area contributed by atoms with E-state index < -0.39 is 4.92 Å². The van der Waals surface area contributed by atoms with Gasteiger partial charge >= 0.3 is 0 Å². The number of fused-ring (bicyclic) bond motifs is 1. The van der Waals surface area contributed by atoms with E-state index in [9.17, 15) is 10.1 Å². The molecule has 2 aliphatic rings. The Morgan fingerprint density at radius 2 is 2.12 bits per heavy atom. The molecular weight excluding hydrogens is 460 g/mol. The normalized spacial score (nSPS) is 17.3. The SMILES string of the molecule is COc1ccc(-c2nnc(SCc3cc([N+](=O)[O-])cc4c3OCOC4)n2CC2CCCO2)cc1. The number of hydrogen-bond acceptors (Lipinski definition) is 9. The summed E-state index contributed by atoms with van der Waals surface area (Å²) < 4.78 is 24.2. The van der Waals surface area contributed by atoms with Crippen LogP contribution in [0.5, 0.6) is 11.5 Å². The van der Waals surface area contributed by atoms with Crippen LogP contribution in [0.4, 0.5) is 5.69 Å². The molecule has 0 spiro atoms. The number of nitrogens with zero attached hydrogens (tertiary/aromatic N) is 4. The van der Waals surface area contributed by atoms with E-state index in [-0.39, 0.29) is 25.2 Å². The Balaban J connectivity index is 1.45. The standard InChI is InChI=1S/C23H24N4O6S/c1-30-19-6-4-15(5-7-19)22-24-25-23(26(22)11-20-3-2-8-32-20)34-13-17-10-18(27(28)29)9-16-12-31-14-33-21(16)17/h4-7,9-10,20H,2-3,8,11-14H2,1H3. The number of nitro groups is 1. The first kappa shape index (κ1) is 22.6. The number of aromatic nitrogens is 3. The smallest absolute Gasteiger partial charge is 0.270 e. The number of hydrogen-bond donors (Lipinski definition) is 0. The Morgan fingerprint density at radius 3 is 2.85 bits per heavy atom. The number of nitro benzene ring substituents is 1. The minimum absolute atomic E-state index is 0.0168. The summed E-state index contributed by atoms with van der Waals surface area (Å²) in [4.78, 5) is 11.0. The fourth-order valence-corrected chi connectivity index (χ4v) is 5.06. The molecular formula is C23H24N4O6S. The Labute approximate surface area is 200 Å². The summed E-state index contributed by atoms with van der Waals surface area (Å²) in [5.74, 6) is 2.59. The molecule has 3 heterocycles. The molecule has 1 atom stereocenters. The number of rotatable bonds is 8. The summed E-state index contributed by atoms with van der Waals surface area (Å²) >= 11 is 1.47. The van der Waals surface area contributed by atoms with Gasteiger partial charge in [-0.05, 0) is 37.1 Å². The van der Waals surface area contributed by atoms with Crippen molar-refractivity contribution in [3.05, 3.63) is 57.6 Å². The molecule has 0 N–H and O–H groups in total. The highest BCUT2D eigenvalue weighted by Gasteiger charge is 2.24. The first-order chi connectivity index (χ1) is 16.6. The van der Waals surface area contributed by atoms with E-state index in [0.29, 0.717) is 28.8 Å². The summed E-state index contributed by atoms with van der Waals surface area (Å²) in [6.45, 7) is 1.80. The van der Waals surface area contributed by atoms with Crippen LogP contribution in [-0.2, 0) is 28.4 Å². The molecule has 2 aromatic carbocycles. The average molecular weight is 485 g/mol. The van der Waals surface area contributed by atoms with Crippen LogP contribution >= 0.6 is 11.8 Å². The molecule has 3 aromatic rings. The summed E-state index contributed by atoms with van der Waals surface area (Å²) in [5, 5.41) is 21.1. The van der Waals surface area contributed by atoms with Gasteiger partial charge in [0.15, 0.2) is 17.8 Å². The molecule has 11 heteroatoms. The largest absolute Gasteiger partial charge is 0.497 e. The van der Waals surface area contributed by atoms with Crippen LogP contribution in [0.3, 0.4) is 0 Å². The van der Waals surface area contributed by atoms with Crippen molar-refractivity contribution >= 4 is 17.4 Å². The van der Waals surface area contributed by atoms with Crippen molar-refractivity contribution in [2.45, 2.75) is 43.0 Å². The zero-order chi connectivity index (χ0) is 23.5. The first-order valence-corrected chi connectivity index (χ1v) is 11.9. The van der Waals surface area contributed by atoms with Crippen molar-refractivity contribution in [3.63, 3.8) is 0 Å². The lowest BCUT2D eigenvalue weighted by Gasteiger charge is -2.20. The highest BCUT2D eigenvalue weighted by Crippen LogP contribution is 2.37. The van der Waals surface area contributed by atoms with E-state index >= 15 is 0 Å². The third-order valence-corrected chi connectivity index (χ3v) is 6.83. The molecule has 0 bridgehead atoms. The molecule has 1 aromatic heterocycles. The Morgan fingerprint density at radius 1 is 1.26 bits per heavy atom. The summed E-state index contributed by atoms with van der Waals surface area (Å²) in [6.07, 6.45) is 2.11. The van der Waals surface area contributed by atoms with Crippen LogP contribution in [0.1, 0.15) is 24.0 Å². The summed E-state index contributed by atoms with van der Waals surface area (Å²) in [6, 6.07) is 10.7. The number of benzene rings is 2. The second kappa shape index (κ2) is 10.00. The van der Waals surface area contributed by atoms with Gasteiger partial charge in [-0.1, -0.05) is 11.8 Å². The maximum absolute atomic E-state index is 11.4. The van der Waals surface area contributed by atoms with E-state index in [4.69, 9.17) is 18.9 Å². The van der Waals surface area contributed by atoms with Crippen LogP contribution in [0, 0.1) is 10.1 Å². The minimum Gasteiger partial charge on any atom is -0.497 e.